The van der Waals surface area contributed by atoms with Crippen LogP contribution in [0.25, 0.3) is 0 Å². The lowest BCUT2D eigenvalue weighted by atomic mass is 10.0. The van der Waals surface area contributed by atoms with Gasteiger partial charge in [0.05, 0.1) is 0 Å². The third kappa shape index (κ3) is 5.63. The first kappa shape index (κ1) is 20.0. The molecule has 0 aliphatic carbocycles. The van der Waals surface area contributed by atoms with Gasteiger partial charge in [-0.25, -0.2) is 4.98 Å². The molecule has 1 aromatic heterocycles. The Bertz CT molecular complexity index is 812. The van der Waals surface area contributed by atoms with Gasteiger partial charge in [0.1, 0.15) is 0 Å². The molecule has 2 heterocycles. The largest absolute Gasteiger partial charge is 0.353 e. The molecule has 0 spiro atoms. The number of hydrogen-bond acceptors (Lipinski definition) is 5. The Balaban J connectivity index is 1.37. The molecule has 0 radical (unpaired) electrons. The van der Waals surface area contributed by atoms with Crippen LogP contribution < -0.4 is 10.6 Å². The molecule has 7 nitrogen and oxygen atoms in total. The van der Waals surface area contributed by atoms with E-state index in [2.05, 4.69) is 15.6 Å². The van der Waals surface area contributed by atoms with E-state index >= 15 is 0 Å². The number of likely N-dealkylation sites (tertiary alicyclic amines) is 1. The van der Waals surface area contributed by atoms with Gasteiger partial charge >= 0.3 is 0 Å². The number of nitrogens with one attached hydrogen (secondary N) is 2. The van der Waals surface area contributed by atoms with Crippen LogP contribution in [0.4, 0.5) is 5.13 Å². The SMILES string of the molecule is Cc1ccc(C(=O)N2CCC(NC(=O)CCC(=O)Nc3nccs3)CC2)cc1. The molecule has 3 amide bonds. The normalized spacial score (nSPS) is 14.5. The Morgan fingerprint density at radius 2 is 1.79 bits per heavy atom. The number of aryl methyl sites for hydroxylation is 1. The van der Waals surface area contributed by atoms with Crippen LogP contribution in [-0.2, 0) is 9.59 Å². The zero-order chi connectivity index (χ0) is 19.9. The molecule has 28 heavy (non-hydrogen) atoms. The number of amides is 3. The topological polar surface area (TPSA) is 91.4 Å². The molecule has 0 saturated carbocycles. The second kappa shape index (κ2) is 9.45. The maximum absolute atomic E-state index is 12.5. The Hall–Kier alpha value is -2.74. The van der Waals surface area contributed by atoms with E-state index in [4.69, 9.17) is 0 Å². The average Bonchev–Trinajstić information content (AvgIpc) is 3.20. The fourth-order valence-electron chi connectivity index (χ4n) is 3.10. The summed E-state index contributed by atoms with van der Waals surface area (Å²) in [6, 6.07) is 7.61. The fourth-order valence-corrected chi connectivity index (χ4v) is 3.64. The molecule has 1 fully saturated rings. The standard InChI is InChI=1S/C20H24N4O3S/c1-14-2-4-15(5-3-14)19(27)24-11-8-16(9-12-24)22-17(25)6-7-18(26)23-20-21-10-13-28-20/h2-5,10,13,16H,6-9,11-12H2,1H3,(H,22,25)(H,21,23,26). The van der Waals surface area contributed by atoms with Crippen LogP contribution in [0.1, 0.15) is 41.6 Å². The number of carbonyl (C=O) groups is 3. The number of benzene rings is 1. The van der Waals surface area contributed by atoms with E-state index in [-0.39, 0.29) is 36.6 Å². The Kier molecular flexibility index (Phi) is 6.76. The van der Waals surface area contributed by atoms with E-state index in [1.807, 2.05) is 36.1 Å². The van der Waals surface area contributed by atoms with Gasteiger partial charge in [0.15, 0.2) is 5.13 Å². The molecule has 1 aliphatic heterocycles. The molecule has 3 rings (SSSR count). The summed E-state index contributed by atoms with van der Waals surface area (Å²) in [4.78, 5) is 42.3. The maximum Gasteiger partial charge on any atom is 0.253 e. The molecule has 0 unspecified atom stereocenters. The molecule has 0 atom stereocenters. The number of rotatable bonds is 6. The van der Waals surface area contributed by atoms with Crippen molar-refractivity contribution in [3.63, 3.8) is 0 Å². The van der Waals surface area contributed by atoms with Crippen LogP contribution >= 0.6 is 11.3 Å². The van der Waals surface area contributed by atoms with Crippen LogP contribution in [0.2, 0.25) is 0 Å². The Morgan fingerprint density at radius 3 is 2.43 bits per heavy atom. The van der Waals surface area contributed by atoms with Gasteiger partial charge in [0.25, 0.3) is 5.91 Å². The molecule has 2 aromatic rings. The lowest BCUT2D eigenvalue weighted by molar-refractivity contribution is -0.125. The van der Waals surface area contributed by atoms with E-state index in [0.29, 0.717) is 36.6 Å². The highest BCUT2D eigenvalue weighted by molar-refractivity contribution is 7.13. The Labute approximate surface area is 168 Å². The maximum atomic E-state index is 12.5. The third-order valence-corrected chi connectivity index (χ3v) is 5.39. The molecule has 1 aliphatic rings. The van der Waals surface area contributed by atoms with Crippen molar-refractivity contribution in [2.24, 2.45) is 0 Å². The summed E-state index contributed by atoms with van der Waals surface area (Å²) in [6.07, 6.45) is 3.31. The second-order valence-electron chi connectivity index (χ2n) is 6.89. The highest BCUT2D eigenvalue weighted by atomic mass is 32.1. The van der Waals surface area contributed by atoms with E-state index < -0.39 is 0 Å². The number of hydrogen-bond donors (Lipinski definition) is 2. The van der Waals surface area contributed by atoms with Crippen molar-refractivity contribution in [3.05, 3.63) is 47.0 Å². The van der Waals surface area contributed by atoms with E-state index in [9.17, 15) is 14.4 Å². The first-order valence-electron chi connectivity index (χ1n) is 9.36. The van der Waals surface area contributed by atoms with Crippen molar-refractivity contribution in [1.29, 1.82) is 0 Å². The van der Waals surface area contributed by atoms with Crippen LogP contribution in [0.5, 0.6) is 0 Å². The first-order chi connectivity index (χ1) is 13.5. The zero-order valence-corrected chi connectivity index (χ0v) is 16.6. The van der Waals surface area contributed by atoms with E-state index in [0.717, 1.165) is 5.56 Å². The molecule has 1 aromatic carbocycles. The van der Waals surface area contributed by atoms with Gasteiger partial charge < -0.3 is 15.5 Å². The van der Waals surface area contributed by atoms with Gasteiger partial charge in [-0.2, -0.15) is 0 Å². The van der Waals surface area contributed by atoms with Crippen LogP contribution in [0.15, 0.2) is 35.8 Å². The van der Waals surface area contributed by atoms with Crippen molar-refractivity contribution in [1.82, 2.24) is 15.2 Å². The minimum Gasteiger partial charge on any atom is -0.353 e. The summed E-state index contributed by atoms with van der Waals surface area (Å²) < 4.78 is 0. The van der Waals surface area contributed by atoms with Gasteiger partial charge in [0, 0.05) is 49.1 Å². The van der Waals surface area contributed by atoms with Gasteiger partial charge in [-0.3, -0.25) is 14.4 Å². The monoisotopic (exact) mass is 400 g/mol. The summed E-state index contributed by atoms with van der Waals surface area (Å²) >= 11 is 1.34. The van der Waals surface area contributed by atoms with Gasteiger partial charge in [-0.05, 0) is 31.9 Å². The highest BCUT2D eigenvalue weighted by Crippen LogP contribution is 2.15. The second-order valence-corrected chi connectivity index (χ2v) is 7.78. The van der Waals surface area contributed by atoms with Crippen molar-refractivity contribution < 1.29 is 14.4 Å². The summed E-state index contributed by atoms with van der Waals surface area (Å²) in [5.41, 5.74) is 1.82. The van der Waals surface area contributed by atoms with Crippen molar-refractivity contribution >= 4 is 34.2 Å². The van der Waals surface area contributed by atoms with Crippen molar-refractivity contribution in [2.75, 3.05) is 18.4 Å². The molecule has 148 valence electrons. The van der Waals surface area contributed by atoms with E-state index in [1.54, 1.807) is 11.6 Å². The van der Waals surface area contributed by atoms with Crippen LogP contribution in [-0.4, -0.2) is 46.7 Å². The quantitative estimate of drug-likeness (QED) is 0.780. The van der Waals surface area contributed by atoms with Crippen molar-refractivity contribution in [3.8, 4) is 0 Å². The number of nitrogens with zero attached hydrogens (tertiary/aromatic N) is 2. The lowest BCUT2D eigenvalue weighted by Gasteiger charge is -2.32. The van der Waals surface area contributed by atoms with Crippen molar-refractivity contribution in [2.45, 2.75) is 38.6 Å². The van der Waals surface area contributed by atoms with Crippen LogP contribution in [0.3, 0.4) is 0 Å². The average molecular weight is 401 g/mol. The summed E-state index contributed by atoms with van der Waals surface area (Å²) in [7, 11) is 0. The molecular weight excluding hydrogens is 376 g/mol. The molecule has 0 bridgehead atoms. The zero-order valence-electron chi connectivity index (χ0n) is 15.8. The Morgan fingerprint density at radius 1 is 1.11 bits per heavy atom. The van der Waals surface area contributed by atoms with Gasteiger partial charge in [-0.1, -0.05) is 17.7 Å². The highest BCUT2D eigenvalue weighted by Gasteiger charge is 2.24. The minimum atomic E-state index is -0.219. The molecule has 8 heteroatoms. The molecule has 2 N–H and O–H groups in total. The van der Waals surface area contributed by atoms with Gasteiger partial charge in [-0.15, -0.1) is 11.3 Å². The predicted molar refractivity (Wildman–Crippen MR) is 108 cm³/mol. The minimum absolute atomic E-state index is 0.0311. The summed E-state index contributed by atoms with van der Waals surface area (Å²) in [6.45, 7) is 3.22. The summed E-state index contributed by atoms with van der Waals surface area (Å²) in [5, 5.41) is 7.95. The number of aromatic nitrogens is 1. The fraction of sp³-hybridized carbons (Fsp3) is 0.400. The first-order valence-corrected chi connectivity index (χ1v) is 10.2. The molecular formula is C20H24N4O3S. The third-order valence-electron chi connectivity index (χ3n) is 4.70. The number of piperidine rings is 1. The number of thiazole rings is 1. The predicted octanol–water partition coefficient (Wildman–Crippen LogP) is 2.59. The summed E-state index contributed by atoms with van der Waals surface area (Å²) in [5.74, 6) is -0.329. The van der Waals surface area contributed by atoms with Gasteiger partial charge in [0.2, 0.25) is 11.8 Å². The number of carbonyl (C=O) groups excluding carboxylic acids is 3. The van der Waals surface area contributed by atoms with Crippen LogP contribution in [0, 0.1) is 6.92 Å². The lowest BCUT2D eigenvalue weighted by Crippen LogP contribution is -2.46. The molecule has 1 saturated heterocycles. The van der Waals surface area contributed by atoms with E-state index in [1.165, 1.54) is 11.3 Å². The smallest absolute Gasteiger partial charge is 0.253 e. The number of anilines is 1.